The highest BCUT2D eigenvalue weighted by molar-refractivity contribution is 5.92. The van der Waals surface area contributed by atoms with Crippen molar-refractivity contribution in [2.24, 2.45) is 0 Å². The molecule has 2 N–H and O–H groups in total. The number of carboxylic acids is 1. The van der Waals surface area contributed by atoms with Gasteiger partial charge in [-0.25, -0.2) is 4.79 Å². The van der Waals surface area contributed by atoms with Crippen LogP contribution in [0.15, 0.2) is 54.6 Å². The fraction of sp³-hybridized carbons (Fsp3) is 0.111. The lowest BCUT2D eigenvalue weighted by Crippen LogP contribution is -2.20. The number of carboxylic acid groups (broad SMARTS) is 1. The molecule has 0 saturated carbocycles. The van der Waals surface area contributed by atoms with Gasteiger partial charge in [-0.3, -0.25) is 4.79 Å². The van der Waals surface area contributed by atoms with Gasteiger partial charge in [-0.05, 0) is 42.0 Å². The molecule has 0 aliphatic heterocycles. The summed E-state index contributed by atoms with van der Waals surface area (Å²) >= 11 is 0. The van der Waals surface area contributed by atoms with Crippen LogP contribution in [0.2, 0.25) is 0 Å². The smallest absolute Gasteiger partial charge is 0.416 e. The van der Waals surface area contributed by atoms with Crippen LogP contribution in [0.1, 0.15) is 11.1 Å². The summed E-state index contributed by atoms with van der Waals surface area (Å²) in [7, 11) is 0. The van der Waals surface area contributed by atoms with E-state index in [-0.39, 0.29) is 12.3 Å². The number of ether oxygens (including phenoxy) is 1. The number of amides is 1. The number of hydrogen-bond donors (Lipinski definition) is 2. The van der Waals surface area contributed by atoms with Crippen molar-refractivity contribution in [1.82, 2.24) is 0 Å². The SMILES string of the molecule is O=C(O)/C=C/c1ccc(OCC(=O)Nc2cccc(C(F)(F)F)c2)cc1. The summed E-state index contributed by atoms with van der Waals surface area (Å²) in [6.07, 6.45) is -2.11. The molecule has 0 saturated heterocycles. The van der Waals surface area contributed by atoms with E-state index in [1.54, 1.807) is 24.3 Å². The number of halogens is 3. The van der Waals surface area contributed by atoms with Crippen LogP contribution in [-0.2, 0) is 15.8 Å². The summed E-state index contributed by atoms with van der Waals surface area (Å²) in [5.74, 6) is -1.33. The Labute approximate surface area is 146 Å². The van der Waals surface area contributed by atoms with E-state index >= 15 is 0 Å². The van der Waals surface area contributed by atoms with Crippen molar-refractivity contribution in [2.75, 3.05) is 11.9 Å². The van der Waals surface area contributed by atoms with Crippen molar-refractivity contribution in [2.45, 2.75) is 6.18 Å². The molecule has 8 heteroatoms. The van der Waals surface area contributed by atoms with E-state index in [9.17, 15) is 22.8 Å². The zero-order valence-corrected chi connectivity index (χ0v) is 13.3. The molecule has 1 amide bonds. The van der Waals surface area contributed by atoms with Crippen LogP contribution in [0, 0.1) is 0 Å². The van der Waals surface area contributed by atoms with Gasteiger partial charge in [0, 0.05) is 11.8 Å². The van der Waals surface area contributed by atoms with Crippen molar-refractivity contribution in [1.29, 1.82) is 0 Å². The Morgan fingerprint density at radius 2 is 1.81 bits per heavy atom. The van der Waals surface area contributed by atoms with E-state index in [0.717, 1.165) is 18.2 Å². The topological polar surface area (TPSA) is 75.6 Å². The predicted octanol–water partition coefficient (Wildman–Crippen LogP) is 3.82. The minimum Gasteiger partial charge on any atom is -0.484 e. The molecule has 2 aromatic carbocycles. The molecule has 0 unspecified atom stereocenters. The maximum absolute atomic E-state index is 12.6. The molecule has 0 aliphatic carbocycles. The van der Waals surface area contributed by atoms with Crippen LogP contribution in [0.5, 0.6) is 5.75 Å². The quantitative estimate of drug-likeness (QED) is 0.763. The van der Waals surface area contributed by atoms with Crippen LogP contribution >= 0.6 is 0 Å². The predicted molar refractivity (Wildman–Crippen MR) is 88.7 cm³/mol. The van der Waals surface area contributed by atoms with Crippen LogP contribution in [0.25, 0.3) is 6.08 Å². The van der Waals surface area contributed by atoms with Gasteiger partial charge >= 0.3 is 12.1 Å². The minimum absolute atomic E-state index is 0.0163. The highest BCUT2D eigenvalue weighted by Gasteiger charge is 2.30. The minimum atomic E-state index is -4.49. The van der Waals surface area contributed by atoms with Crippen LogP contribution < -0.4 is 10.1 Å². The van der Waals surface area contributed by atoms with Crippen LogP contribution in [-0.4, -0.2) is 23.6 Å². The van der Waals surface area contributed by atoms with Gasteiger partial charge in [0.15, 0.2) is 6.61 Å². The van der Waals surface area contributed by atoms with Crippen molar-refractivity contribution in [3.63, 3.8) is 0 Å². The lowest BCUT2D eigenvalue weighted by atomic mass is 10.2. The lowest BCUT2D eigenvalue weighted by molar-refractivity contribution is -0.137. The number of carbonyl (C=O) groups excluding carboxylic acids is 1. The van der Waals surface area contributed by atoms with Gasteiger partial charge in [0.25, 0.3) is 5.91 Å². The van der Waals surface area contributed by atoms with Gasteiger partial charge in [-0.15, -0.1) is 0 Å². The lowest BCUT2D eigenvalue weighted by Gasteiger charge is -2.10. The average molecular weight is 365 g/mol. The summed E-state index contributed by atoms with van der Waals surface area (Å²) in [6, 6.07) is 10.6. The molecule has 2 aromatic rings. The number of nitrogens with one attached hydrogen (secondary N) is 1. The number of rotatable bonds is 6. The van der Waals surface area contributed by atoms with Gasteiger partial charge in [-0.1, -0.05) is 18.2 Å². The maximum atomic E-state index is 12.6. The molecule has 26 heavy (non-hydrogen) atoms. The fourth-order valence-corrected chi connectivity index (χ4v) is 1.96. The Morgan fingerprint density at radius 1 is 1.12 bits per heavy atom. The highest BCUT2D eigenvalue weighted by Crippen LogP contribution is 2.30. The van der Waals surface area contributed by atoms with E-state index in [2.05, 4.69) is 5.32 Å². The molecule has 5 nitrogen and oxygen atoms in total. The first-order chi connectivity index (χ1) is 12.2. The Morgan fingerprint density at radius 3 is 2.42 bits per heavy atom. The van der Waals surface area contributed by atoms with Crippen molar-refractivity contribution >= 4 is 23.6 Å². The summed E-state index contributed by atoms with van der Waals surface area (Å²) in [5.41, 5.74) is -0.211. The third kappa shape index (κ3) is 5.97. The van der Waals surface area contributed by atoms with Gasteiger partial charge in [-0.2, -0.15) is 13.2 Å². The Bertz CT molecular complexity index is 814. The zero-order chi connectivity index (χ0) is 19.2. The number of benzene rings is 2. The zero-order valence-electron chi connectivity index (χ0n) is 13.3. The Kier molecular flexibility index (Phi) is 6.00. The van der Waals surface area contributed by atoms with E-state index in [0.29, 0.717) is 11.3 Å². The van der Waals surface area contributed by atoms with Crippen LogP contribution in [0.3, 0.4) is 0 Å². The molecule has 0 aromatic heterocycles. The highest BCUT2D eigenvalue weighted by atomic mass is 19.4. The first-order valence-electron chi connectivity index (χ1n) is 7.35. The van der Waals surface area contributed by atoms with E-state index in [4.69, 9.17) is 9.84 Å². The molecular formula is C18H14F3NO4. The van der Waals surface area contributed by atoms with Gasteiger partial charge < -0.3 is 15.2 Å². The van der Waals surface area contributed by atoms with E-state index in [1.165, 1.54) is 18.2 Å². The molecule has 136 valence electrons. The third-order valence-corrected chi connectivity index (χ3v) is 3.14. The first kappa shape index (κ1) is 19.0. The molecule has 0 fully saturated rings. The summed E-state index contributed by atoms with van der Waals surface area (Å²) in [5, 5.41) is 10.9. The number of carbonyl (C=O) groups is 2. The van der Waals surface area contributed by atoms with E-state index in [1.807, 2.05) is 0 Å². The molecular weight excluding hydrogens is 351 g/mol. The Hall–Kier alpha value is -3.29. The largest absolute Gasteiger partial charge is 0.484 e. The van der Waals surface area contributed by atoms with Gasteiger partial charge in [0.2, 0.25) is 0 Å². The summed E-state index contributed by atoms with van der Waals surface area (Å²) in [4.78, 5) is 22.2. The van der Waals surface area contributed by atoms with Crippen molar-refractivity contribution in [3.05, 3.63) is 65.7 Å². The molecule has 0 spiro atoms. The molecule has 0 atom stereocenters. The van der Waals surface area contributed by atoms with Gasteiger partial charge in [0.05, 0.1) is 5.56 Å². The molecule has 0 bridgehead atoms. The monoisotopic (exact) mass is 365 g/mol. The average Bonchev–Trinajstić information content (AvgIpc) is 2.58. The second kappa shape index (κ2) is 8.19. The normalized spacial score (nSPS) is 11.3. The van der Waals surface area contributed by atoms with Crippen molar-refractivity contribution < 1.29 is 32.6 Å². The summed E-state index contributed by atoms with van der Waals surface area (Å²) in [6.45, 7) is -0.388. The number of anilines is 1. The first-order valence-corrected chi connectivity index (χ1v) is 7.35. The van der Waals surface area contributed by atoms with Crippen LogP contribution in [0.4, 0.5) is 18.9 Å². The molecule has 2 rings (SSSR count). The number of hydrogen-bond acceptors (Lipinski definition) is 3. The number of aliphatic carboxylic acids is 1. The number of alkyl halides is 3. The maximum Gasteiger partial charge on any atom is 0.416 e. The third-order valence-electron chi connectivity index (χ3n) is 3.14. The summed E-state index contributed by atoms with van der Waals surface area (Å²) < 4.78 is 43.1. The molecule has 0 heterocycles. The molecule has 0 aliphatic rings. The second-order valence-electron chi connectivity index (χ2n) is 5.16. The van der Waals surface area contributed by atoms with Gasteiger partial charge in [0.1, 0.15) is 5.75 Å². The molecule has 0 radical (unpaired) electrons. The standard InChI is InChI=1S/C18H14F3NO4/c19-18(20,21)13-2-1-3-14(10-13)22-16(23)11-26-15-7-4-12(5-8-15)6-9-17(24)25/h1-10H,11H2,(H,22,23)(H,24,25)/b9-6+. The Balaban J connectivity index is 1.90. The van der Waals surface area contributed by atoms with E-state index < -0.39 is 23.6 Å². The second-order valence-corrected chi connectivity index (χ2v) is 5.16. The van der Waals surface area contributed by atoms with Crippen molar-refractivity contribution in [3.8, 4) is 5.75 Å². The fourth-order valence-electron chi connectivity index (χ4n) is 1.96.